The summed E-state index contributed by atoms with van der Waals surface area (Å²) in [5, 5.41) is 12.6. The molecule has 1 aromatic rings. The van der Waals surface area contributed by atoms with Crippen LogP contribution in [-0.2, 0) is 0 Å². The molecule has 2 rings (SSSR count). The minimum absolute atomic E-state index is 0.0145. The molecule has 0 radical (unpaired) electrons. The van der Waals surface area contributed by atoms with Crippen molar-refractivity contribution in [1.82, 2.24) is 10.3 Å². The zero-order valence-electron chi connectivity index (χ0n) is 9.70. The Balaban J connectivity index is 2.09. The predicted molar refractivity (Wildman–Crippen MR) is 69.9 cm³/mol. The molecular formula is C12H14Cl2N2O2. The number of carbonyl (C=O) groups is 1. The summed E-state index contributed by atoms with van der Waals surface area (Å²) in [5.41, 5.74) is 0.132. The van der Waals surface area contributed by atoms with Crippen molar-refractivity contribution >= 4 is 29.1 Å². The van der Waals surface area contributed by atoms with Gasteiger partial charge in [-0.1, -0.05) is 29.6 Å². The average molecular weight is 289 g/mol. The largest absolute Gasteiger partial charge is 0.396 e. The zero-order chi connectivity index (χ0) is 13.1. The topological polar surface area (TPSA) is 62.2 Å². The molecule has 1 aliphatic rings. The molecule has 1 amide bonds. The first-order valence-corrected chi connectivity index (χ1v) is 6.61. The molecule has 18 heavy (non-hydrogen) atoms. The zero-order valence-corrected chi connectivity index (χ0v) is 11.2. The van der Waals surface area contributed by atoms with Gasteiger partial charge in [0, 0.05) is 18.6 Å². The number of hydrogen-bond donors (Lipinski definition) is 2. The number of aliphatic hydroxyl groups is 1. The fourth-order valence-corrected chi connectivity index (χ4v) is 2.60. The van der Waals surface area contributed by atoms with Crippen LogP contribution >= 0.6 is 23.2 Å². The van der Waals surface area contributed by atoms with Gasteiger partial charge in [0.1, 0.15) is 10.8 Å². The van der Waals surface area contributed by atoms with Crippen LogP contribution in [0.4, 0.5) is 0 Å². The van der Waals surface area contributed by atoms with Gasteiger partial charge in [0.2, 0.25) is 0 Å². The number of amides is 1. The number of aromatic nitrogens is 1. The number of rotatable bonds is 3. The van der Waals surface area contributed by atoms with Gasteiger partial charge >= 0.3 is 0 Å². The standard InChI is InChI=1S/C12H14Cl2N2O2/c13-8-4-5-10(14)16-11(8)12(18)15-9-3-1-2-7(9)6-17/h4-5,7,9,17H,1-3,6H2,(H,15,18). The van der Waals surface area contributed by atoms with Crippen molar-refractivity contribution in [2.75, 3.05) is 6.61 Å². The second kappa shape index (κ2) is 5.87. The fraction of sp³-hybridized carbons (Fsp3) is 0.500. The van der Waals surface area contributed by atoms with E-state index in [1.165, 1.54) is 6.07 Å². The van der Waals surface area contributed by atoms with Crippen LogP contribution in [-0.4, -0.2) is 28.6 Å². The van der Waals surface area contributed by atoms with E-state index in [0.717, 1.165) is 19.3 Å². The number of aliphatic hydroxyl groups excluding tert-OH is 1. The quantitative estimate of drug-likeness (QED) is 0.839. The first-order chi connectivity index (χ1) is 8.61. The first-order valence-electron chi connectivity index (χ1n) is 5.85. The smallest absolute Gasteiger partial charge is 0.271 e. The van der Waals surface area contributed by atoms with E-state index < -0.39 is 0 Å². The van der Waals surface area contributed by atoms with Crippen molar-refractivity contribution in [1.29, 1.82) is 0 Å². The van der Waals surface area contributed by atoms with Crippen LogP contribution < -0.4 is 5.32 Å². The minimum atomic E-state index is -0.340. The van der Waals surface area contributed by atoms with Crippen LogP contribution in [0.25, 0.3) is 0 Å². The number of nitrogens with one attached hydrogen (secondary N) is 1. The first kappa shape index (κ1) is 13.6. The monoisotopic (exact) mass is 288 g/mol. The van der Waals surface area contributed by atoms with Crippen molar-refractivity contribution < 1.29 is 9.90 Å². The maximum absolute atomic E-state index is 12.0. The molecule has 1 aliphatic carbocycles. The second-order valence-corrected chi connectivity index (χ2v) is 5.21. The molecule has 2 atom stereocenters. The highest BCUT2D eigenvalue weighted by molar-refractivity contribution is 6.34. The Morgan fingerprint density at radius 3 is 2.94 bits per heavy atom. The molecule has 1 fully saturated rings. The highest BCUT2D eigenvalue weighted by Gasteiger charge is 2.28. The van der Waals surface area contributed by atoms with Gasteiger partial charge in [0.15, 0.2) is 0 Å². The summed E-state index contributed by atoms with van der Waals surface area (Å²) in [6.07, 6.45) is 2.81. The van der Waals surface area contributed by atoms with E-state index in [1.54, 1.807) is 6.07 Å². The van der Waals surface area contributed by atoms with E-state index in [-0.39, 0.29) is 40.3 Å². The molecule has 2 unspecified atom stereocenters. The summed E-state index contributed by atoms with van der Waals surface area (Å²) in [7, 11) is 0. The van der Waals surface area contributed by atoms with Crippen molar-refractivity contribution in [3.63, 3.8) is 0 Å². The van der Waals surface area contributed by atoms with Gasteiger partial charge in [-0.2, -0.15) is 0 Å². The molecule has 2 N–H and O–H groups in total. The molecule has 6 heteroatoms. The summed E-state index contributed by atoms with van der Waals surface area (Å²) >= 11 is 11.7. The van der Waals surface area contributed by atoms with Crippen LogP contribution in [0, 0.1) is 5.92 Å². The molecule has 1 saturated carbocycles. The molecule has 0 saturated heterocycles. The maximum Gasteiger partial charge on any atom is 0.271 e. The van der Waals surface area contributed by atoms with Crippen LogP contribution in [0.1, 0.15) is 29.8 Å². The van der Waals surface area contributed by atoms with Crippen molar-refractivity contribution in [2.45, 2.75) is 25.3 Å². The average Bonchev–Trinajstić information content (AvgIpc) is 2.79. The fourth-order valence-electron chi connectivity index (χ4n) is 2.26. The summed E-state index contributed by atoms with van der Waals surface area (Å²) < 4.78 is 0. The second-order valence-electron chi connectivity index (χ2n) is 4.42. The summed E-state index contributed by atoms with van der Waals surface area (Å²) in [6, 6.07) is 3.07. The van der Waals surface area contributed by atoms with Crippen LogP contribution in [0.3, 0.4) is 0 Å². The van der Waals surface area contributed by atoms with Crippen LogP contribution in [0.15, 0.2) is 12.1 Å². The van der Waals surface area contributed by atoms with Crippen molar-refractivity contribution in [2.24, 2.45) is 5.92 Å². The van der Waals surface area contributed by atoms with Crippen LogP contribution in [0.5, 0.6) is 0 Å². The number of carbonyl (C=O) groups excluding carboxylic acids is 1. The van der Waals surface area contributed by atoms with E-state index >= 15 is 0 Å². The van der Waals surface area contributed by atoms with Gasteiger partial charge in [0.05, 0.1) is 5.02 Å². The van der Waals surface area contributed by atoms with Gasteiger partial charge in [-0.3, -0.25) is 4.79 Å². The SMILES string of the molecule is O=C(NC1CCCC1CO)c1nc(Cl)ccc1Cl. The highest BCUT2D eigenvalue weighted by atomic mass is 35.5. The van der Waals surface area contributed by atoms with E-state index in [2.05, 4.69) is 10.3 Å². The van der Waals surface area contributed by atoms with E-state index in [1.807, 2.05) is 0 Å². The molecule has 0 bridgehead atoms. The molecule has 1 aromatic heterocycles. The Labute approximate surface area is 115 Å². The lowest BCUT2D eigenvalue weighted by molar-refractivity contribution is 0.0911. The van der Waals surface area contributed by atoms with Gasteiger partial charge in [-0.25, -0.2) is 4.98 Å². The van der Waals surface area contributed by atoms with Gasteiger partial charge < -0.3 is 10.4 Å². The molecule has 1 heterocycles. The lowest BCUT2D eigenvalue weighted by Crippen LogP contribution is -2.39. The molecule has 0 aromatic carbocycles. The third-order valence-electron chi connectivity index (χ3n) is 3.24. The van der Waals surface area contributed by atoms with E-state index in [0.29, 0.717) is 0 Å². The van der Waals surface area contributed by atoms with Crippen molar-refractivity contribution in [3.05, 3.63) is 28.0 Å². The molecular weight excluding hydrogens is 275 g/mol. The van der Waals surface area contributed by atoms with Gasteiger partial charge in [0.25, 0.3) is 5.91 Å². The molecule has 0 spiro atoms. The Kier molecular flexibility index (Phi) is 4.43. The Bertz CT molecular complexity index is 454. The third kappa shape index (κ3) is 2.94. The lowest BCUT2D eigenvalue weighted by atomic mass is 10.1. The Morgan fingerprint density at radius 2 is 2.22 bits per heavy atom. The number of halogens is 2. The third-order valence-corrected chi connectivity index (χ3v) is 3.75. The van der Waals surface area contributed by atoms with E-state index in [9.17, 15) is 9.90 Å². The predicted octanol–water partition coefficient (Wildman–Crippen LogP) is 2.28. The van der Waals surface area contributed by atoms with E-state index in [4.69, 9.17) is 23.2 Å². The Hall–Kier alpha value is -0.840. The number of hydrogen-bond acceptors (Lipinski definition) is 3. The Morgan fingerprint density at radius 1 is 1.44 bits per heavy atom. The normalized spacial score (nSPS) is 23.1. The minimum Gasteiger partial charge on any atom is -0.396 e. The highest BCUT2D eigenvalue weighted by Crippen LogP contribution is 2.26. The van der Waals surface area contributed by atoms with Gasteiger partial charge in [-0.15, -0.1) is 0 Å². The summed E-state index contributed by atoms with van der Waals surface area (Å²) in [6.45, 7) is 0.0850. The number of pyridine rings is 1. The summed E-state index contributed by atoms with van der Waals surface area (Å²) in [4.78, 5) is 16.0. The van der Waals surface area contributed by atoms with Crippen LogP contribution in [0.2, 0.25) is 10.2 Å². The number of nitrogens with zero attached hydrogens (tertiary/aromatic N) is 1. The lowest BCUT2D eigenvalue weighted by Gasteiger charge is -2.19. The maximum atomic E-state index is 12.0. The van der Waals surface area contributed by atoms with Gasteiger partial charge in [-0.05, 0) is 25.0 Å². The van der Waals surface area contributed by atoms with Crippen molar-refractivity contribution in [3.8, 4) is 0 Å². The molecule has 0 aliphatic heterocycles. The summed E-state index contributed by atoms with van der Waals surface area (Å²) in [5.74, 6) is -0.222. The molecule has 98 valence electrons. The molecule has 4 nitrogen and oxygen atoms in total.